The van der Waals surface area contributed by atoms with Gasteiger partial charge < -0.3 is 15.3 Å². The van der Waals surface area contributed by atoms with Crippen molar-refractivity contribution >= 4 is 23.6 Å². The van der Waals surface area contributed by atoms with Crippen LogP contribution in [0, 0.1) is 0 Å². The highest BCUT2D eigenvalue weighted by atomic mass is 16.4. The zero-order chi connectivity index (χ0) is 15.4. The molecule has 0 saturated carbocycles. The minimum absolute atomic E-state index is 0.202. The number of aromatic carboxylic acids is 1. The number of nitrogens with zero attached hydrogens (tertiary/aromatic N) is 1. The first-order valence-electron chi connectivity index (χ1n) is 6.64. The van der Waals surface area contributed by atoms with Gasteiger partial charge in [0.05, 0.1) is 5.56 Å². The number of carboxylic acid groups (broad SMARTS) is 1. The van der Waals surface area contributed by atoms with Crippen molar-refractivity contribution in [2.75, 3.05) is 25.0 Å². The van der Waals surface area contributed by atoms with Gasteiger partial charge in [0.25, 0.3) is 0 Å². The second-order valence-corrected chi connectivity index (χ2v) is 4.76. The van der Waals surface area contributed by atoms with Crippen molar-refractivity contribution in [1.82, 2.24) is 10.6 Å². The molecule has 1 aliphatic rings. The van der Waals surface area contributed by atoms with Crippen LogP contribution >= 0.6 is 0 Å². The smallest absolute Gasteiger partial charge is 0.335 e. The van der Waals surface area contributed by atoms with E-state index in [4.69, 9.17) is 5.11 Å². The number of carbonyl (C=O) groups excluding carboxylic acids is 2. The molecule has 3 amide bonds. The highest BCUT2D eigenvalue weighted by molar-refractivity contribution is 5.94. The Morgan fingerprint density at radius 1 is 1.33 bits per heavy atom. The summed E-state index contributed by atoms with van der Waals surface area (Å²) in [4.78, 5) is 35.5. The van der Waals surface area contributed by atoms with Crippen LogP contribution in [0.2, 0.25) is 0 Å². The van der Waals surface area contributed by atoms with Gasteiger partial charge in [-0.2, -0.15) is 0 Å². The maximum Gasteiger partial charge on any atom is 0.335 e. The number of rotatable bonds is 4. The Labute approximate surface area is 121 Å². The van der Waals surface area contributed by atoms with Gasteiger partial charge in [-0.1, -0.05) is 0 Å². The largest absolute Gasteiger partial charge is 0.478 e. The molecule has 0 spiro atoms. The Balaban J connectivity index is 1.95. The zero-order valence-corrected chi connectivity index (χ0v) is 11.7. The molecule has 1 aromatic carbocycles. The van der Waals surface area contributed by atoms with Gasteiger partial charge in [0.1, 0.15) is 0 Å². The van der Waals surface area contributed by atoms with E-state index < -0.39 is 12.0 Å². The van der Waals surface area contributed by atoms with Gasteiger partial charge >= 0.3 is 12.0 Å². The molecule has 2 rings (SSSR count). The lowest BCUT2D eigenvalue weighted by Gasteiger charge is -2.19. The van der Waals surface area contributed by atoms with Crippen molar-refractivity contribution in [2.24, 2.45) is 0 Å². The van der Waals surface area contributed by atoms with Crippen molar-refractivity contribution in [2.45, 2.75) is 12.8 Å². The van der Waals surface area contributed by atoms with Crippen molar-refractivity contribution in [3.05, 3.63) is 29.3 Å². The predicted molar refractivity (Wildman–Crippen MR) is 76.5 cm³/mol. The molecule has 112 valence electrons. The Hall–Kier alpha value is -2.57. The fourth-order valence-electron chi connectivity index (χ4n) is 2.32. The number of urea groups is 1. The Morgan fingerprint density at radius 2 is 2.10 bits per heavy atom. The van der Waals surface area contributed by atoms with Gasteiger partial charge in [0.15, 0.2) is 0 Å². The summed E-state index contributed by atoms with van der Waals surface area (Å²) < 4.78 is 0. The van der Waals surface area contributed by atoms with E-state index in [1.807, 2.05) is 4.90 Å². The van der Waals surface area contributed by atoms with Gasteiger partial charge in [-0.15, -0.1) is 0 Å². The van der Waals surface area contributed by atoms with Crippen LogP contribution in [0.1, 0.15) is 22.3 Å². The first-order chi connectivity index (χ1) is 10.0. The lowest BCUT2D eigenvalue weighted by Crippen LogP contribution is -2.39. The quantitative estimate of drug-likeness (QED) is 0.754. The molecule has 7 nitrogen and oxygen atoms in total. The van der Waals surface area contributed by atoms with Gasteiger partial charge in [0.2, 0.25) is 5.91 Å². The minimum atomic E-state index is -0.943. The predicted octanol–water partition coefficient (Wildman–Crippen LogP) is 0.593. The highest BCUT2D eigenvalue weighted by Gasteiger charge is 2.21. The van der Waals surface area contributed by atoms with Gasteiger partial charge in [0, 0.05) is 32.2 Å². The maximum atomic E-state index is 11.5. The number of amides is 3. The molecule has 0 radical (unpaired) electrons. The van der Waals surface area contributed by atoms with Crippen LogP contribution in [0.25, 0.3) is 0 Å². The molecule has 7 heteroatoms. The molecular formula is C14H17N3O4. The van der Waals surface area contributed by atoms with E-state index in [0.717, 1.165) is 24.2 Å². The van der Waals surface area contributed by atoms with Crippen molar-refractivity contribution in [1.29, 1.82) is 0 Å². The average molecular weight is 291 g/mol. The standard InChI is InChI=1S/C14H17N3O4/c1-15-14(21)16-12(18)5-7-17-6-4-9-8-10(13(19)20)2-3-11(9)17/h2-3,8H,4-7H2,1H3,(H,19,20)(H2,15,16,18,21). The van der Waals surface area contributed by atoms with Gasteiger partial charge in [-0.3, -0.25) is 10.1 Å². The normalized spacial score (nSPS) is 12.7. The monoisotopic (exact) mass is 291 g/mol. The topological polar surface area (TPSA) is 98.7 Å². The molecule has 1 aliphatic heterocycles. The lowest BCUT2D eigenvalue weighted by atomic mass is 10.1. The summed E-state index contributed by atoms with van der Waals surface area (Å²) >= 11 is 0. The second kappa shape index (κ2) is 6.25. The third-order valence-electron chi connectivity index (χ3n) is 3.41. The number of fused-ring (bicyclic) bond motifs is 1. The van der Waals surface area contributed by atoms with Crippen LogP contribution < -0.4 is 15.5 Å². The average Bonchev–Trinajstić information content (AvgIpc) is 2.87. The number of carboxylic acids is 1. The summed E-state index contributed by atoms with van der Waals surface area (Å²) in [6.45, 7) is 1.23. The van der Waals surface area contributed by atoms with Gasteiger partial charge in [-0.05, 0) is 30.2 Å². The first kappa shape index (κ1) is 14.8. The third kappa shape index (κ3) is 3.50. The van der Waals surface area contributed by atoms with Crippen molar-refractivity contribution < 1.29 is 19.5 Å². The van der Waals surface area contributed by atoms with E-state index in [-0.39, 0.29) is 17.9 Å². The molecule has 0 aromatic heterocycles. The Kier molecular flexibility index (Phi) is 4.42. The maximum absolute atomic E-state index is 11.5. The van der Waals surface area contributed by atoms with Crippen LogP contribution in [0.15, 0.2) is 18.2 Å². The number of benzene rings is 1. The van der Waals surface area contributed by atoms with Crippen molar-refractivity contribution in [3.8, 4) is 0 Å². The van der Waals surface area contributed by atoms with Crippen LogP contribution in [0.5, 0.6) is 0 Å². The number of anilines is 1. The van der Waals surface area contributed by atoms with Crippen LogP contribution in [0.4, 0.5) is 10.5 Å². The van der Waals surface area contributed by atoms with Crippen LogP contribution in [-0.4, -0.2) is 43.2 Å². The van der Waals surface area contributed by atoms with E-state index in [1.165, 1.54) is 7.05 Å². The number of imide groups is 1. The van der Waals surface area contributed by atoms with Crippen LogP contribution in [0.3, 0.4) is 0 Å². The summed E-state index contributed by atoms with van der Waals surface area (Å²) in [6.07, 6.45) is 0.959. The molecule has 0 fully saturated rings. The molecule has 0 atom stereocenters. The van der Waals surface area contributed by atoms with E-state index >= 15 is 0 Å². The summed E-state index contributed by atoms with van der Waals surface area (Å²) in [7, 11) is 1.44. The third-order valence-corrected chi connectivity index (χ3v) is 3.41. The number of hydrogen-bond donors (Lipinski definition) is 3. The molecule has 21 heavy (non-hydrogen) atoms. The Bertz CT molecular complexity index is 586. The van der Waals surface area contributed by atoms with E-state index in [1.54, 1.807) is 18.2 Å². The molecule has 1 heterocycles. The zero-order valence-electron chi connectivity index (χ0n) is 11.7. The summed E-state index contributed by atoms with van der Waals surface area (Å²) in [6, 6.07) is 4.47. The van der Waals surface area contributed by atoms with Gasteiger partial charge in [-0.25, -0.2) is 9.59 Å². The number of carbonyl (C=O) groups is 3. The Morgan fingerprint density at radius 3 is 2.76 bits per heavy atom. The first-order valence-corrected chi connectivity index (χ1v) is 6.64. The van der Waals surface area contributed by atoms with E-state index in [9.17, 15) is 14.4 Å². The van der Waals surface area contributed by atoms with E-state index in [2.05, 4.69) is 10.6 Å². The fourth-order valence-corrected chi connectivity index (χ4v) is 2.32. The minimum Gasteiger partial charge on any atom is -0.478 e. The molecule has 0 aliphatic carbocycles. The number of nitrogens with one attached hydrogen (secondary N) is 2. The summed E-state index contributed by atoms with van der Waals surface area (Å²) in [5.41, 5.74) is 2.20. The highest BCUT2D eigenvalue weighted by Crippen LogP contribution is 2.28. The van der Waals surface area contributed by atoms with Crippen LogP contribution in [-0.2, 0) is 11.2 Å². The summed E-state index contributed by atoms with van der Waals surface area (Å²) in [5.74, 6) is -1.29. The fraction of sp³-hybridized carbons (Fsp3) is 0.357. The molecule has 1 aromatic rings. The molecule has 3 N–H and O–H groups in total. The number of hydrogen-bond acceptors (Lipinski definition) is 4. The van der Waals surface area contributed by atoms with Crippen molar-refractivity contribution in [3.63, 3.8) is 0 Å². The van der Waals surface area contributed by atoms with E-state index in [0.29, 0.717) is 6.54 Å². The molecular weight excluding hydrogens is 274 g/mol. The lowest BCUT2D eigenvalue weighted by molar-refractivity contribution is -0.119. The molecule has 0 bridgehead atoms. The molecule has 0 unspecified atom stereocenters. The SMILES string of the molecule is CNC(=O)NC(=O)CCN1CCc2cc(C(=O)O)ccc21. The second-order valence-electron chi connectivity index (χ2n) is 4.76. The molecule has 0 saturated heterocycles. The summed E-state index contributed by atoms with van der Waals surface area (Å²) in [5, 5.41) is 13.5.